The van der Waals surface area contributed by atoms with Gasteiger partial charge in [-0.25, -0.2) is 4.79 Å². The molecule has 0 spiro atoms. The van der Waals surface area contributed by atoms with Gasteiger partial charge in [0.1, 0.15) is 5.75 Å². The van der Waals surface area contributed by atoms with Crippen molar-refractivity contribution in [3.63, 3.8) is 0 Å². The summed E-state index contributed by atoms with van der Waals surface area (Å²) < 4.78 is 9.84. The molecular weight excluding hydrogens is 336 g/mol. The summed E-state index contributed by atoms with van der Waals surface area (Å²) in [6.07, 6.45) is 5.53. The average Bonchev–Trinajstić information content (AvgIpc) is 2.65. The van der Waals surface area contributed by atoms with Crippen LogP contribution < -0.4 is 4.74 Å². The first-order chi connectivity index (χ1) is 12.5. The Morgan fingerprint density at radius 3 is 2.31 bits per heavy atom. The van der Waals surface area contributed by atoms with Gasteiger partial charge in [-0.2, -0.15) is 0 Å². The van der Waals surface area contributed by atoms with E-state index >= 15 is 0 Å². The van der Waals surface area contributed by atoms with Gasteiger partial charge in [-0.3, -0.25) is 4.79 Å². The first kappa shape index (κ1) is 18.8. The lowest BCUT2D eigenvalue weighted by Crippen LogP contribution is -2.09. The van der Waals surface area contributed by atoms with E-state index in [1.165, 1.54) is 43.5 Å². The first-order valence-corrected chi connectivity index (χ1v) is 7.69. The number of aromatic hydroxyl groups is 2. The largest absolute Gasteiger partial charge is 0.508 e. The van der Waals surface area contributed by atoms with E-state index in [2.05, 4.69) is 0 Å². The molecule has 2 aromatic rings. The Morgan fingerprint density at radius 1 is 0.962 bits per heavy atom. The lowest BCUT2D eigenvalue weighted by atomic mass is 10.2. The number of hydrogen-bond acceptors (Lipinski definition) is 6. The second-order valence-corrected chi connectivity index (χ2v) is 5.26. The van der Waals surface area contributed by atoms with E-state index in [0.29, 0.717) is 5.56 Å². The molecule has 0 fully saturated rings. The SMILES string of the molecule is COc1cc(/C=C/C(=O)OCC(=O)C=Cc2ccc(O)cc2)ccc1O. The molecule has 0 bridgehead atoms. The number of ether oxygens (including phenoxy) is 2. The van der Waals surface area contributed by atoms with Crippen molar-refractivity contribution >= 4 is 23.9 Å². The van der Waals surface area contributed by atoms with E-state index in [1.54, 1.807) is 30.3 Å². The van der Waals surface area contributed by atoms with E-state index in [9.17, 15) is 19.8 Å². The van der Waals surface area contributed by atoms with Crippen LogP contribution in [0.2, 0.25) is 0 Å². The number of rotatable bonds is 7. The maximum Gasteiger partial charge on any atom is 0.331 e. The molecule has 0 aromatic heterocycles. The van der Waals surface area contributed by atoms with Gasteiger partial charge >= 0.3 is 5.97 Å². The van der Waals surface area contributed by atoms with Crippen LogP contribution in [0.25, 0.3) is 12.2 Å². The van der Waals surface area contributed by atoms with Gasteiger partial charge in [-0.1, -0.05) is 24.3 Å². The number of esters is 1. The van der Waals surface area contributed by atoms with Gasteiger partial charge in [0.15, 0.2) is 23.9 Å². The number of hydrogen-bond donors (Lipinski definition) is 2. The molecule has 0 saturated heterocycles. The van der Waals surface area contributed by atoms with Gasteiger partial charge in [0.2, 0.25) is 0 Å². The third-order valence-corrected chi connectivity index (χ3v) is 3.33. The summed E-state index contributed by atoms with van der Waals surface area (Å²) in [6.45, 7) is -0.378. The molecule has 6 nitrogen and oxygen atoms in total. The molecule has 0 heterocycles. The minimum absolute atomic E-state index is 0.00163. The molecule has 2 N–H and O–H groups in total. The highest BCUT2D eigenvalue weighted by Crippen LogP contribution is 2.26. The van der Waals surface area contributed by atoms with Crippen LogP contribution in [0, 0.1) is 0 Å². The van der Waals surface area contributed by atoms with Crippen molar-refractivity contribution in [3.05, 3.63) is 65.7 Å². The van der Waals surface area contributed by atoms with Crippen molar-refractivity contribution in [2.75, 3.05) is 13.7 Å². The predicted molar refractivity (Wildman–Crippen MR) is 96.8 cm³/mol. The molecule has 0 aliphatic heterocycles. The van der Waals surface area contributed by atoms with E-state index < -0.39 is 5.97 Å². The molecule has 26 heavy (non-hydrogen) atoms. The molecule has 6 heteroatoms. The fraction of sp³-hybridized carbons (Fsp3) is 0.100. The molecular formula is C20H18O6. The normalized spacial score (nSPS) is 11.0. The smallest absolute Gasteiger partial charge is 0.331 e. The van der Waals surface area contributed by atoms with Crippen molar-refractivity contribution < 1.29 is 29.3 Å². The van der Waals surface area contributed by atoms with Gasteiger partial charge in [-0.05, 0) is 47.5 Å². The standard InChI is InChI=1S/C20H18O6/c1-25-19-12-15(5-10-18(19)23)6-11-20(24)26-13-17(22)9-4-14-2-7-16(21)8-3-14/h2-12,21,23H,13H2,1H3/b9-4?,11-6+. The summed E-state index contributed by atoms with van der Waals surface area (Å²) in [5.74, 6) is -0.608. The molecule has 0 atom stereocenters. The van der Waals surface area contributed by atoms with Gasteiger partial charge < -0.3 is 19.7 Å². The molecule has 0 aliphatic carbocycles. The topological polar surface area (TPSA) is 93.1 Å². The van der Waals surface area contributed by atoms with Crippen LogP contribution in [0.1, 0.15) is 11.1 Å². The van der Waals surface area contributed by atoms with Crippen LogP contribution >= 0.6 is 0 Å². The maximum atomic E-state index is 11.7. The molecule has 2 aromatic carbocycles. The van der Waals surface area contributed by atoms with Crippen LogP contribution in [-0.2, 0) is 14.3 Å². The summed E-state index contributed by atoms with van der Waals surface area (Å²) in [5.41, 5.74) is 1.37. The van der Waals surface area contributed by atoms with Crippen molar-refractivity contribution in [1.82, 2.24) is 0 Å². The third-order valence-electron chi connectivity index (χ3n) is 3.33. The Labute approximate surface area is 150 Å². The van der Waals surface area contributed by atoms with Crippen LogP contribution in [0.15, 0.2) is 54.6 Å². The maximum absolute atomic E-state index is 11.7. The van der Waals surface area contributed by atoms with E-state index in [1.807, 2.05) is 0 Å². The molecule has 2 rings (SSSR count). The Morgan fingerprint density at radius 2 is 1.62 bits per heavy atom. The zero-order valence-electron chi connectivity index (χ0n) is 14.1. The number of phenols is 2. The highest BCUT2D eigenvalue weighted by molar-refractivity contribution is 5.96. The minimum atomic E-state index is -0.663. The predicted octanol–water partition coefficient (Wildman–Crippen LogP) is 2.95. The Bertz CT molecular complexity index is 834. The monoisotopic (exact) mass is 354 g/mol. The average molecular weight is 354 g/mol. The molecule has 0 saturated carbocycles. The van der Waals surface area contributed by atoms with Crippen LogP contribution in [0.4, 0.5) is 0 Å². The molecule has 0 unspecified atom stereocenters. The zero-order valence-corrected chi connectivity index (χ0v) is 14.1. The molecule has 134 valence electrons. The Hall–Kier alpha value is -3.54. The van der Waals surface area contributed by atoms with E-state index in [4.69, 9.17) is 9.47 Å². The quantitative estimate of drug-likeness (QED) is 0.587. The summed E-state index contributed by atoms with van der Waals surface area (Å²) in [5, 5.41) is 18.7. The zero-order chi connectivity index (χ0) is 18.9. The van der Waals surface area contributed by atoms with Crippen LogP contribution in [-0.4, -0.2) is 35.7 Å². The number of methoxy groups -OCH3 is 1. The second kappa shape index (κ2) is 9.08. The third kappa shape index (κ3) is 5.83. The highest BCUT2D eigenvalue weighted by atomic mass is 16.5. The summed E-state index contributed by atoms with van der Waals surface area (Å²) in [7, 11) is 1.42. The second-order valence-electron chi connectivity index (χ2n) is 5.26. The summed E-state index contributed by atoms with van der Waals surface area (Å²) in [4.78, 5) is 23.4. The number of carbonyl (C=O) groups excluding carboxylic acids is 2. The number of carbonyl (C=O) groups is 2. The van der Waals surface area contributed by atoms with Gasteiger partial charge in [0, 0.05) is 6.08 Å². The summed E-state index contributed by atoms with van der Waals surface area (Å²) in [6, 6.07) is 10.9. The highest BCUT2D eigenvalue weighted by Gasteiger charge is 2.04. The summed E-state index contributed by atoms with van der Waals surface area (Å²) >= 11 is 0. The van der Waals surface area contributed by atoms with Gasteiger partial charge in [-0.15, -0.1) is 0 Å². The Balaban J connectivity index is 1.84. The van der Waals surface area contributed by atoms with E-state index in [-0.39, 0.29) is 29.6 Å². The number of phenolic OH excluding ortho intramolecular Hbond substituents is 2. The minimum Gasteiger partial charge on any atom is -0.508 e. The lowest BCUT2D eigenvalue weighted by Gasteiger charge is -2.03. The van der Waals surface area contributed by atoms with Crippen molar-refractivity contribution in [2.24, 2.45) is 0 Å². The van der Waals surface area contributed by atoms with E-state index in [0.717, 1.165) is 5.56 Å². The first-order valence-electron chi connectivity index (χ1n) is 7.69. The molecule has 0 radical (unpaired) electrons. The van der Waals surface area contributed by atoms with Crippen LogP contribution in [0.5, 0.6) is 17.2 Å². The van der Waals surface area contributed by atoms with Crippen molar-refractivity contribution in [3.8, 4) is 17.2 Å². The van der Waals surface area contributed by atoms with Crippen molar-refractivity contribution in [1.29, 1.82) is 0 Å². The fourth-order valence-electron chi connectivity index (χ4n) is 1.98. The molecule has 0 amide bonds. The van der Waals surface area contributed by atoms with Gasteiger partial charge in [0.05, 0.1) is 7.11 Å². The fourth-order valence-corrected chi connectivity index (χ4v) is 1.98. The number of benzene rings is 2. The lowest BCUT2D eigenvalue weighted by molar-refractivity contribution is -0.141. The molecule has 0 aliphatic rings. The number of ketones is 1. The Kier molecular flexibility index (Phi) is 6.56. The van der Waals surface area contributed by atoms with Crippen LogP contribution in [0.3, 0.4) is 0 Å². The van der Waals surface area contributed by atoms with Gasteiger partial charge in [0.25, 0.3) is 0 Å². The van der Waals surface area contributed by atoms with Crippen molar-refractivity contribution in [2.45, 2.75) is 0 Å².